The molecule has 1 saturated carbocycles. The molecule has 3 heteroatoms. The highest BCUT2D eigenvalue weighted by molar-refractivity contribution is 5.76. The third-order valence-corrected chi connectivity index (χ3v) is 4.04. The Balaban J connectivity index is 2.08. The zero-order valence-electron chi connectivity index (χ0n) is 11.2. The van der Waals surface area contributed by atoms with Crippen molar-refractivity contribution in [2.45, 2.75) is 32.6 Å². The maximum atomic E-state index is 12.3. The molecule has 1 aliphatic rings. The summed E-state index contributed by atoms with van der Waals surface area (Å²) in [7, 11) is 0. The second-order valence-electron chi connectivity index (χ2n) is 5.13. The van der Waals surface area contributed by atoms with Gasteiger partial charge in [-0.1, -0.05) is 31.5 Å². The average Bonchev–Trinajstić information content (AvgIpc) is 2.83. The Morgan fingerprint density at radius 3 is 2.63 bits per heavy atom. The summed E-state index contributed by atoms with van der Waals surface area (Å²) in [6.07, 6.45) is 3.40. The van der Waals surface area contributed by atoms with E-state index in [4.69, 9.17) is 10.00 Å². The third-order valence-electron chi connectivity index (χ3n) is 4.04. The van der Waals surface area contributed by atoms with Crippen LogP contribution in [-0.4, -0.2) is 5.97 Å². The second-order valence-corrected chi connectivity index (χ2v) is 5.13. The van der Waals surface area contributed by atoms with E-state index in [2.05, 4.69) is 13.0 Å². The number of hydrogen-bond acceptors (Lipinski definition) is 3. The number of ether oxygens (including phenoxy) is 1. The number of esters is 1. The fourth-order valence-corrected chi connectivity index (χ4v) is 3.03. The molecule has 1 aromatic rings. The number of carbonyl (C=O) groups excluding carboxylic acids is 1. The van der Waals surface area contributed by atoms with Crippen LogP contribution in [0.1, 0.15) is 32.6 Å². The molecular formula is C16H19NO2. The normalized spacial score (nSPS) is 25.8. The smallest absolute Gasteiger partial charge is 0.314 e. The average molecular weight is 257 g/mol. The van der Waals surface area contributed by atoms with Crippen LogP contribution in [0.2, 0.25) is 0 Å². The number of benzene rings is 1. The van der Waals surface area contributed by atoms with E-state index in [-0.39, 0.29) is 17.8 Å². The molecule has 3 nitrogen and oxygen atoms in total. The maximum Gasteiger partial charge on any atom is 0.314 e. The van der Waals surface area contributed by atoms with Crippen molar-refractivity contribution in [1.29, 1.82) is 5.26 Å². The predicted octanol–water partition coefficient (Wildman–Crippen LogP) is 3.56. The fourth-order valence-electron chi connectivity index (χ4n) is 3.03. The summed E-state index contributed by atoms with van der Waals surface area (Å²) in [5, 5.41) is 8.87. The van der Waals surface area contributed by atoms with Gasteiger partial charge in [0.1, 0.15) is 5.75 Å². The molecule has 1 fully saturated rings. The highest BCUT2D eigenvalue weighted by atomic mass is 16.5. The second kappa shape index (κ2) is 6.38. The van der Waals surface area contributed by atoms with Crippen molar-refractivity contribution in [3.63, 3.8) is 0 Å². The number of hydrogen-bond donors (Lipinski definition) is 0. The van der Waals surface area contributed by atoms with Gasteiger partial charge in [-0.05, 0) is 36.8 Å². The number of carbonyl (C=O) groups is 1. The molecule has 0 aromatic heterocycles. The molecule has 0 saturated heterocycles. The first kappa shape index (κ1) is 13.6. The van der Waals surface area contributed by atoms with E-state index < -0.39 is 0 Å². The van der Waals surface area contributed by atoms with Crippen molar-refractivity contribution in [2.24, 2.45) is 17.8 Å². The number of nitriles is 1. The molecule has 0 aliphatic heterocycles. The highest BCUT2D eigenvalue weighted by Gasteiger charge is 2.40. The van der Waals surface area contributed by atoms with Crippen molar-refractivity contribution >= 4 is 5.97 Å². The third kappa shape index (κ3) is 3.14. The van der Waals surface area contributed by atoms with Crippen LogP contribution in [0.4, 0.5) is 0 Å². The van der Waals surface area contributed by atoms with Gasteiger partial charge >= 0.3 is 5.97 Å². The van der Waals surface area contributed by atoms with Gasteiger partial charge in [-0.25, -0.2) is 0 Å². The van der Waals surface area contributed by atoms with Crippen LogP contribution in [0.15, 0.2) is 30.3 Å². The van der Waals surface area contributed by atoms with Crippen LogP contribution >= 0.6 is 0 Å². The molecule has 0 spiro atoms. The summed E-state index contributed by atoms with van der Waals surface area (Å²) in [5.41, 5.74) is 0. The molecule has 0 heterocycles. The van der Waals surface area contributed by atoms with Gasteiger partial charge in [-0.3, -0.25) is 4.79 Å². The standard InChI is InChI=1S/C16H19NO2/c1-2-12-8-9-13(10-11-17)15(12)16(18)19-14-6-4-3-5-7-14/h3-7,12-13,15H,2,8-10H2,1H3. The molecule has 0 N–H and O–H groups in total. The van der Waals surface area contributed by atoms with Gasteiger partial charge in [-0.2, -0.15) is 5.26 Å². The highest BCUT2D eigenvalue weighted by Crippen LogP contribution is 2.41. The zero-order valence-corrected chi connectivity index (χ0v) is 11.2. The van der Waals surface area contributed by atoms with E-state index in [1.807, 2.05) is 18.2 Å². The minimum Gasteiger partial charge on any atom is -0.426 e. The van der Waals surface area contributed by atoms with Crippen molar-refractivity contribution in [3.8, 4) is 11.8 Å². The Morgan fingerprint density at radius 1 is 1.32 bits per heavy atom. The van der Waals surface area contributed by atoms with Crippen molar-refractivity contribution in [2.75, 3.05) is 0 Å². The van der Waals surface area contributed by atoms with Crippen LogP contribution in [0.5, 0.6) is 5.75 Å². The number of para-hydroxylation sites is 1. The molecule has 0 amide bonds. The quantitative estimate of drug-likeness (QED) is 0.612. The molecule has 1 aromatic carbocycles. The lowest BCUT2D eigenvalue weighted by Gasteiger charge is -2.21. The maximum absolute atomic E-state index is 12.3. The molecular weight excluding hydrogens is 238 g/mol. The van der Waals surface area contributed by atoms with Crippen LogP contribution in [0, 0.1) is 29.1 Å². The molecule has 3 unspecified atom stereocenters. The van der Waals surface area contributed by atoms with E-state index in [9.17, 15) is 4.79 Å². The summed E-state index contributed by atoms with van der Waals surface area (Å²) < 4.78 is 5.46. The van der Waals surface area contributed by atoms with Crippen LogP contribution < -0.4 is 4.74 Å². The Labute approximate surface area is 114 Å². The van der Waals surface area contributed by atoms with Gasteiger partial charge in [0.05, 0.1) is 12.0 Å². The van der Waals surface area contributed by atoms with Crippen molar-refractivity contribution in [3.05, 3.63) is 30.3 Å². The van der Waals surface area contributed by atoms with E-state index in [0.29, 0.717) is 18.1 Å². The molecule has 2 rings (SSSR count). The first-order chi connectivity index (χ1) is 9.26. The van der Waals surface area contributed by atoms with Gasteiger partial charge in [0.2, 0.25) is 0 Å². The van der Waals surface area contributed by atoms with Crippen LogP contribution in [0.3, 0.4) is 0 Å². The minimum absolute atomic E-state index is 0.121. The lowest BCUT2D eigenvalue weighted by molar-refractivity contribution is -0.141. The van der Waals surface area contributed by atoms with Gasteiger partial charge in [0.25, 0.3) is 0 Å². The first-order valence-electron chi connectivity index (χ1n) is 6.90. The van der Waals surface area contributed by atoms with Gasteiger partial charge in [0.15, 0.2) is 0 Å². The fraction of sp³-hybridized carbons (Fsp3) is 0.500. The molecule has 100 valence electrons. The van der Waals surface area contributed by atoms with Gasteiger partial charge in [-0.15, -0.1) is 0 Å². The molecule has 3 atom stereocenters. The van der Waals surface area contributed by atoms with Crippen molar-refractivity contribution in [1.82, 2.24) is 0 Å². The molecule has 19 heavy (non-hydrogen) atoms. The topological polar surface area (TPSA) is 50.1 Å². The summed E-state index contributed by atoms with van der Waals surface area (Å²) in [6, 6.07) is 11.4. The number of nitrogens with zero attached hydrogens (tertiary/aromatic N) is 1. The van der Waals surface area contributed by atoms with Crippen LogP contribution in [0.25, 0.3) is 0 Å². The van der Waals surface area contributed by atoms with Crippen LogP contribution in [-0.2, 0) is 4.79 Å². The van der Waals surface area contributed by atoms with E-state index in [1.54, 1.807) is 12.1 Å². The predicted molar refractivity (Wildman–Crippen MR) is 72.3 cm³/mol. The lowest BCUT2D eigenvalue weighted by Crippen LogP contribution is -2.28. The Morgan fingerprint density at radius 2 is 2.00 bits per heavy atom. The summed E-state index contributed by atoms with van der Waals surface area (Å²) >= 11 is 0. The van der Waals surface area contributed by atoms with E-state index >= 15 is 0 Å². The number of rotatable bonds is 4. The van der Waals surface area contributed by atoms with E-state index in [1.165, 1.54) is 0 Å². The molecule has 0 bridgehead atoms. The summed E-state index contributed by atoms with van der Waals surface area (Å²) in [5.74, 6) is 0.811. The largest absolute Gasteiger partial charge is 0.426 e. The minimum atomic E-state index is -0.171. The van der Waals surface area contributed by atoms with Crippen molar-refractivity contribution < 1.29 is 9.53 Å². The van der Waals surface area contributed by atoms with Gasteiger partial charge in [0, 0.05) is 6.42 Å². The zero-order chi connectivity index (χ0) is 13.7. The van der Waals surface area contributed by atoms with E-state index in [0.717, 1.165) is 19.3 Å². The Hall–Kier alpha value is -1.82. The first-order valence-corrected chi connectivity index (χ1v) is 6.90. The SMILES string of the molecule is CCC1CCC(CC#N)C1C(=O)Oc1ccccc1. The monoisotopic (exact) mass is 257 g/mol. The van der Waals surface area contributed by atoms with Gasteiger partial charge < -0.3 is 4.74 Å². The Kier molecular flexibility index (Phi) is 4.57. The lowest BCUT2D eigenvalue weighted by atomic mass is 9.86. The summed E-state index contributed by atoms with van der Waals surface area (Å²) in [6.45, 7) is 2.10. The molecule has 0 radical (unpaired) electrons. The Bertz CT molecular complexity index is 463. The molecule has 1 aliphatic carbocycles. The summed E-state index contributed by atoms with van der Waals surface area (Å²) in [4.78, 5) is 12.3.